The van der Waals surface area contributed by atoms with Crippen molar-refractivity contribution in [2.75, 3.05) is 18.6 Å². The first-order chi connectivity index (χ1) is 10.7. The molecule has 0 saturated carbocycles. The number of carbonyl (C=O) groups excluding carboxylic acids is 1. The van der Waals surface area contributed by atoms with Crippen LogP contribution in [0.4, 0.5) is 0 Å². The zero-order chi connectivity index (χ0) is 15.3. The highest BCUT2D eigenvalue weighted by Gasteiger charge is 2.47. The Kier molecular flexibility index (Phi) is 3.27. The Hall–Kier alpha value is -1.39. The second-order valence-corrected chi connectivity index (χ2v) is 8.44. The summed E-state index contributed by atoms with van der Waals surface area (Å²) in [5, 5.41) is 0. The van der Waals surface area contributed by atoms with E-state index in [-0.39, 0.29) is 10.0 Å². The first-order valence-electron chi connectivity index (χ1n) is 7.28. The summed E-state index contributed by atoms with van der Waals surface area (Å²) in [6.07, 6.45) is 0. The maximum Gasteiger partial charge on any atom is 0.337 e. The summed E-state index contributed by atoms with van der Waals surface area (Å²) >= 11 is 4.04. The van der Waals surface area contributed by atoms with Gasteiger partial charge in [-0.2, -0.15) is 0 Å². The van der Waals surface area contributed by atoms with Crippen LogP contribution in [0.5, 0.6) is 0 Å². The zero-order valence-corrected chi connectivity index (χ0v) is 14.1. The van der Waals surface area contributed by atoms with Crippen LogP contribution in [0.15, 0.2) is 36.4 Å². The molecule has 1 heterocycles. The molecule has 0 N–H and O–H groups in total. The molecule has 0 aromatic heterocycles. The zero-order valence-electron chi connectivity index (χ0n) is 12.5. The van der Waals surface area contributed by atoms with Crippen molar-refractivity contribution in [3.8, 4) is 11.1 Å². The molecule has 0 atom stereocenters. The Morgan fingerprint density at radius 1 is 1.14 bits per heavy atom. The van der Waals surface area contributed by atoms with Gasteiger partial charge in [-0.15, -0.1) is 23.5 Å². The third-order valence-corrected chi connectivity index (χ3v) is 7.79. The lowest BCUT2D eigenvalue weighted by atomic mass is 9.98. The predicted octanol–water partition coefficient (Wildman–Crippen LogP) is 4.44. The van der Waals surface area contributed by atoms with Gasteiger partial charge in [0.1, 0.15) is 4.08 Å². The van der Waals surface area contributed by atoms with Crippen LogP contribution in [0.25, 0.3) is 11.1 Å². The van der Waals surface area contributed by atoms with Gasteiger partial charge in [-0.05, 0) is 46.9 Å². The molecule has 4 rings (SSSR count). The summed E-state index contributed by atoms with van der Waals surface area (Å²) in [6, 6.07) is 12.6. The molecule has 1 fully saturated rings. The minimum absolute atomic E-state index is 0.00462. The van der Waals surface area contributed by atoms with E-state index in [9.17, 15) is 4.79 Å². The number of rotatable bonds is 1. The van der Waals surface area contributed by atoms with Crippen molar-refractivity contribution in [3.63, 3.8) is 0 Å². The third-order valence-electron chi connectivity index (χ3n) is 4.35. The fourth-order valence-electron chi connectivity index (χ4n) is 3.52. The lowest BCUT2D eigenvalue weighted by Gasteiger charge is -2.26. The van der Waals surface area contributed by atoms with Crippen LogP contribution in [0.1, 0.15) is 27.0 Å². The minimum Gasteiger partial charge on any atom is -0.465 e. The highest BCUT2D eigenvalue weighted by atomic mass is 32.2. The van der Waals surface area contributed by atoms with Crippen molar-refractivity contribution in [1.29, 1.82) is 0 Å². The van der Waals surface area contributed by atoms with E-state index in [0.29, 0.717) is 5.56 Å². The van der Waals surface area contributed by atoms with Gasteiger partial charge in [0.05, 0.1) is 12.7 Å². The molecule has 2 aromatic rings. The SMILES string of the molecule is COC(=O)c1cc(C)c2c(c1)-c1ccccc1C21SCCS1. The number of fused-ring (bicyclic) bond motifs is 5. The predicted molar refractivity (Wildman–Crippen MR) is 93.7 cm³/mol. The molecule has 1 spiro atoms. The highest BCUT2D eigenvalue weighted by molar-refractivity contribution is 8.21. The molecule has 0 amide bonds. The van der Waals surface area contributed by atoms with Gasteiger partial charge >= 0.3 is 5.97 Å². The second kappa shape index (κ2) is 5.07. The van der Waals surface area contributed by atoms with Crippen LogP contribution in [0.2, 0.25) is 0 Å². The summed E-state index contributed by atoms with van der Waals surface area (Å²) in [5.41, 5.74) is 7.01. The maximum atomic E-state index is 12.0. The average molecular weight is 328 g/mol. The van der Waals surface area contributed by atoms with Gasteiger partial charge in [-0.25, -0.2) is 4.79 Å². The molecule has 1 aliphatic heterocycles. The van der Waals surface area contributed by atoms with E-state index < -0.39 is 0 Å². The van der Waals surface area contributed by atoms with Crippen LogP contribution in [-0.4, -0.2) is 24.6 Å². The number of benzene rings is 2. The van der Waals surface area contributed by atoms with E-state index >= 15 is 0 Å². The summed E-state index contributed by atoms with van der Waals surface area (Å²) in [5.74, 6) is 2.06. The van der Waals surface area contributed by atoms with E-state index in [4.69, 9.17) is 4.74 Å². The smallest absolute Gasteiger partial charge is 0.337 e. The molecule has 0 bridgehead atoms. The number of methoxy groups -OCH3 is 1. The molecular formula is C18H16O2S2. The van der Waals surface area contributed by atoms with Gasteiger partial charge in [-0.1, -0.05) is 24.3 Å². The molecule has 1 aliphatic carbocycles. The number of carbonyl (C=O) groups is 1. The molecule has 2 aliphatic rings. The molecular weight excluding hydrogens is 312 g/mol. The van der Waals surface area contributed by atoms with Crippen molar-refractivity contribution in [2.24, 2.45) is 0 Å². The minimum atomic E-state index is -0.268. The van der Waals surface area contributed by atoms with Crippen molar-refractivity contribution in [3.05, 3.63) is 58.7 Å². The van der Waals surface area contributed by atoms with Gasteiger partial charge in [0.15, 0.2) is 0 Å². The van der Waals surface area contributed by atoms with Crippen molar-refractivity contribution >= 4 is 29.5 Å². The van der Waals surface area contributed by atoms with Crippen LogP contribution in [0.3, 0.4) is 0 Å². The Morgan fingerprint density at radius 2 is 1.86 bits per heavy atom. The number of hydrogen-bond donors (Lipinski definition) is 0. The lowest BCUT2D eigenvalue weighted by Crippen LogP contribution is -2.14. The average Bonchev–Trinajstić information content (AvgIpc) is 3.13. The summed E-state index contributed by atoms with van der Waals surface area (Å²) in [6.45, 7) is 2.11. The number of aryl methyl sites for hydroxylation is 1. The summed E-state index contributed by atoms with van der Waals surface area (Å²) in [4.78, 5) is 12.0. The first-order valence-corrected chi connectivity index (χ1v) is 9.26. The van der Waals surface area contributed by atoms with Crippen LogP contribution < -0.4 is 0 Å². The second-order valence-electron chi connectivity index (χ2n) is 5.57. The van der Waals surface area contributed by atoms with Gasteiger partial charge in [-0.3, -0.25) is 0 Å². The molecule has 2 aromatic carbocycles. The number of thioether (sulfide) groups is 2. The quantitative estimate of drug-likeness (QED) is 0.723. The molecule has 2 nitrogen and oxygen atoms in total. The van der Waals surface area contributed by atoms with Gasteiger partial charge in [0, 0.05) is 11.5 Å². The van der Waals surface area contributed by atoms with Gasteiger partial charge in [0.25, 0.3) is 0 Å². The lowest BCUT2D eigenvalue weighted by molar-refractivity contribution is 0.0600. The molecule has 112 valence electrons. The Labute approximate surface area is 138 Å². The monoisotopic (exact) mass is 328 g/mol. The molecule has 22 heavy (non-hydrogen) atoms. The van der Waals surface area contributed by atoms with Crippen molar-refractivity contribution in [1.82, 2.24) is 0 Å². The standard InChI is InChI=1S/C18H16O2S2/c1-11-9-12(17(19)20-2)10-14-13-5-3-4-6-15(13)18(16(11)14)21-7-8-22-18/h3-6,9-10H,7-8H2,1-2H3. The topological polar surface area (TPSA) is 26.3 Å². The Morgan fingerprint density at radius 3 is 2.59 bits per heavy atom. The van der Waals surface area contributed by atoms with Crippen LogP contribution >= 0.6 is 23.5 Å². The van der Waals surface area contributed by atoms with E-state index in [1.54, 1.807) is 0 Å². The fraction of sp³-hybridized carbons (Fsp3) is 0.278. The molecule has 4 heteroatoms. The number of hydrogen-bond acceptors (Lipinski definition) is 4. The number of ether oxygens (including phenoxy) is 1. The molecule has 0 radical (unpaired) electrons. The third kappa shape index (κ3) is 1.80. The first kappa shape index (κ1) is 14.2. The molecule has 0 unspecified atom stereocenters. The van der Waals surface area contributed by atoms with E-state index in [0.717, 1.165) is 11.5 Å². The summed E-state index contributed by atoms with van der Waals surface area (Å²) < 4.78 is 4.91. The van der Waals surface area contributed by atoms with Gasteiger partial charge in [0.2, 0.25) is 0 Å². The van der Waals surface area contributed by atoms with E-state index in [1.165, 1.54) is 34.9 Å². The number of esters is 1. The Bertz CT molecular complexity index is 777. The van der Waals surface area contributed by atoms with Crippen LogP contribution in [-0.2, 0) is 8.82 Å². The highest BCUT2D eigenvalue weighted by Crippen LogP contribution is 2.64. The normalized spacial score (nSPS) is 17.4. The Balaban J connectivity index is 2.03. The van der Waals surface area contributed by atoms with Crippen LogP contribution in [0, 0.1) is 6.92 Å². The van der Waals surface area contributed by atoms with Crippen molar-refractivity contribution < 1.29 is 9.53 Å². The van der Waals surface area contributed by atoms with Crippen molar-refractivity contribution in [2.45, 2.75) is 11.0 Å². The van der Waals surface area contributed by atoms with E-state index in [1.807, 2.05) is 35.7 Å². The molecule has 1 saturated heterocycles. The summed E-state index contributed by atoms with van der Waals surface area (Å²) in [7, 11) is 1.43. The van der Waals surface area contributed by atoms with Gasteiger partial charge < -0.3 is 4.74 Å². The largest absolute Gasteiger partial charge is 0.465 e. The maximum absolute atomic E-state index is 12.0. The fourth-order valence-corrected chi connectivity index (χ4v) is 7.10. The van der Waals surface area contributed by atoms with E-state index in [2.05, 4.69) is 31.2 Å².